The van der Waals surface area contributed by atoms with Gasteiger partial charge < -0.3 is 39.9 Å². The lowest BCUT2D eigenvalue weighted by Gasteiger charge is -2.30. The molecule has 1 aliphatic carbocycles. The maximum Gasteiger partial charge on any atom is 0.348 e. The fourth-order valence-corrected chi connectivity index (χ4v) is 5.21. The highest BCUT2D eigenvalue weighted by Gasteiger charge is 2.58. The van der Waals surface area contributed by atoms with Crippen molar-refractivity contribution in [2.45, 2.75) is 54.9 Å². The molecule has 1 saturated heterocycles. The molecule has 2 aromatic heterocycles. The third-order valence-corrected chi connectivity index (χ3v) is 7.63. The molecule has 222 valence electrons. The first kappa shape index (κ1) is 29.6. The van der Waals surface area contributed by atoms with Crippen LogP contribution in [0.3, 0.4) is 0 Å². The lowest BCUT2D eigenvalue weighted by molar-refractivity contribution is -0.191. The molecular formula is C27H28ClN5O9. The number of terminal acetylenes is 1. The number of hydrogen-bond acceptors (Lipinski definition) is 11. The van der Waals surface area contributed by atoms with Gasteiger partial charge in [0.15, 0.2) is 28.8 Å². The molecule has 15 heteroatoms. The molecule has 0 radical (unpaired) electrons. The van der Waals surface area contributed by atoms with Gasteiger partial charge in [0.25, 0.3) is 5.60 Å². The molecule has 5 N–H and O–H groups in total. The number of carboxylic acid groups (broad SMARTS) is 2. The summed E-state index contributed by atoms with van der Waals surface area (Å²) in [7, 11) is 0. The van der Waals surface area contributed by atoms with Gasteiger partial charge in [-0.25, -0.2) is 14.6 Å². The number of carboxylic acids is 2. The monoisotopic (exact) mass is 601 g/mol. The third-order valence-electron chi connectivity index (χ3n) is 7.47. The van der Waals surface area contributed by atoms with E-state index in [2.05, 4.69) is 20.9 Å². The second-order valence-electron chi connectivity index (χ2n) is 10.1. The first-order valence-corrected chi connectivity index (χ1v) is 13.4. The van der Waals surface area contributed by atoms with Crippen LogP contribution in [-0.4, -0.2) is 106 Å². The van der Waals surface area contributed by atoms with Crippen molar-refractivity contribution in [2.24, 2.45) is 0 Å². The molecule has 0 amide bonds. The van der Waals surface area contributed by atoms with Crippen LogP contribution in [0.25, 0.3) is 11.2 Å². The van der Waals surface area contributed by atoms with Crippen LogP contribution < -0.4 is 4.90 Å². The molecule has 4 atom stereocenters. The van der Waals surface area contributed by atoms with E-state index in [9.17, 15) is 35.1 Å². The largest absolute Gasteiger partial charge is 0.479 e. The number of benzene rings is 1. The summed E-state index contributed by atoms with van der Waals surface area (Å²) in [5, 5.41) is 51.7. The Bertz CT molecular complexity index is 1510. The number of carbonyl (C=O) groups is 2. The van der Waals surface area contributed by atoms with Gasteiger partial charge in [-0.1, -0.05) is 36.3 Å². The Labute approximate surface area is 244 Å². The van der Waals surface area contributed by atoms with Crippen LogP contribution in [0.5, 0.6) is 0 Å². The summed E-state index contributed by atoms with van der Waals surface area (Å²) in [4.78, 5) is 39.2. The molecule has 2 aliphatic rings. The van der Waals surface area contributed by atoms with Crippen LogP contribution in [-0.2, 0) is 25.5 Å². The number of aliphatic hydroxyl groups is 3. The van der Waals surface area contributed by atoms with Gasteiger partial charge in [-0.2, -0.15) is 9.97 Å². The molecule has 0 bridgehead atoms. The summed E-state index contributed by atoms with van der Waals surface area (Å²) < 4.78 is 12.7. The van der Waals surface area contributed by atoms with Gasteiger partial charge in [-0.15, -0.1) is 6.42 Å². The molecule has 5 rings (SSSR count). The number of nitrogens with zero attached hydrogens (tertiary/aromatic N) is 5. The highest BCUT2D eigenvalue weighted by Crippen LogP contribution is 2.41. The molecule has 1 saturated carbocycles. The minimum Gasteiger partial charge on any atom is -0.479 e. The van der Waals surface area contributed by atoms with E-state index in [-0.39, 0.29) is 35.6 Å². The Kier molecular flexibility index (Phi) is 8.08. The molecule has 3 heterocycles. The van der Waals surface area contributed by atoms with Gasteiger partial charge >= 0.3 is 11.9 Å². The van der Waals surface area contributed by atoms with E-state index in [1.165, 1.54) is 10.9 Å². The number of halogens is 1. The Hall–Kier alpha value is -3.84. The predicted octanol–water partition coefficient (Wildman–Crippen LogP) is 0.231. The highest BCUT2D eigenvalue weighted by atomic mass is 35.5. The van der Waals surface area contributed by atoms with Crippen molar-refractivity contribution in [3.8, 4) is 12.3 Å². The van der Waals surface area contributed by atoms with Gasteiger partial charge in [-0.05, 0) is 30.0 Å². The summed E-state index contributed by atoms with van der Waals surface area (Å²) in [6.45, 7) is -0.671. The van der Waals surface area contributed by atoms with Crippen LogP contribution >= 0.6 is 11.6 Å². The smallest absolute Gasteiger partial charge is 0.348 e. The predicted molar refractivity (Wildman–Crippen MR) is 146 cm³/mol. The van der Waals surface area contributed by atoms with Gasteiger partial charge in [0.2, 0.25) is 5.28 Å². The molecule has 0 spiro atoms. The number of aliphatic hydroxyl groups excluding tert-OH is 2. The van der Waals surface area contributed by atoms with E-state index in [0.717, 1.165) is 12.8 Å². The van der Waals surface area contributed by atoms with Crippen molar-refractivity contribution in [1.29, 1.82) is 0 Å². The number of ether oxygens (including phenoxy) is 2. The number of fused-ring (bicyclic) bond motifs is 1. The summed E-state index contributed by atoms with van der Waals surface area (Å²) in [6, 6.07) is 8.15. The maximum atomic E-state index is 12.2. The number of aromatic nitrogens is 4. The van der Waals surface area contributed by atoms with Crippen molar-refractivity contribution >= 4 is 40.5 Å². The van der Waals surface area contributed by atoms with Crippen LogP contribution in [0.1, 0.15) is 24.6 Å². The minimum absolute atomic E-state index is 0.132. The molecule has 3 aromatic rings. The number of rotatable bonds is 12. The average molecular weight is 602 g/mol. The quantitative estimate of drug-likeness (QED) is 0.107. The number of imidazole rings is 1. The van der Waals surface area contributed by atoms with Crippen molar-refractivity contribution in [1.82, 2.24) is 19.5 Å². The Morgan fingerprint density at radius 3 is 2.52 bits per heavy atom. The van der Waals surface area contributed by atoms with Crippen molar-refractivity contribution in [2.75, 3.05) is 24.7 Å². The fraction of sp³-hybridized carbons (Fsp3) is 0.444. The summed E-state index contributed by atoms with van der Waals surface area (Å²) in [5.74, 6) is -1.10. The first-order valence-electron chi connectivity index (χ1n) is 13.0. The normalized spacial score (nSPS) is 24.0. The summed E-state index contributed by atoms with van der Waals surface area (Å²) in [5.41, 5.74) is -4.38. The first-order chi connectivity index (χ1) is 20.1. The van der Waals surface area contributed by atoms with Crippen LogP contribution in [0.15, 0.2) is 36.7 Å². The van der Waals surface area contributed by atoms with Gasteiger partial charge in [-0.3, -0.25) is 4.57 Å². The number of aliphatic carboxylic acids is 2. The van der Waals surface area contributed by atoms with Crippen molar-refractivity contribution in [3.05, 3.63) is 47.5 Å². The molecular weight excluding hydrogens is 574 g/mol. The molecule has 42 heavy (non-hydrogen) atoms. The molecule has 1 aromatic carbocycles. The minimum atomic E-state index is -2.75. The number of anilines is 1. The zero-order chi connectivity index (χ0) is 30.2. The highest BCUT2D eigenvalue weighted by molar-refractivity contribution is 6.28. The SMILES string of the molecule is C#C[C@@]1(O)[C@@H](COC(Cc2ccccc2)(C(=O)O)C(=O)O)O[C@@H](n2cnc3c(N(CCO)C4CC4)nc(Cl)nc32)[C@@H]1O. The Morgan fingerprint density at radius 1 is 1.24 bits per heavy atom. The maximum absolute atomic E-state index is 12.2. The summed E-state index contributed by atoms with van der Waals surface area (Å²) >= 11 is 6.23. The van der Waals surface area contributed by atoms with Crippen molar-refractivity contribution < 1.29 is 44.6 Å². The molecule has 1 aliphatic heterocycles. The van der Waals surface area contributed by atoms with Gasteiger partial charge in [0, 0.05) is 19.0 Å². The molecule has 2 fully saturated rings. The molecule has 0 unspecified atom stereocenters. The van der Waals surface area contributed by atoms with Crippen molar-refractivity contribution in [3.63, 3.8) is 0 Å². The van der Waals surface area contributed by atoms with Gasteiger partial charge in [0.05, 0.1) is 19.5 Å². The van der Waals surface area contributed by atoms with E-state index < -0.39 is 54.6 Å². The lowest BCUT2D eigenvalue weighted by Crippen LogP contribution is -2.55. The second-order valence-corrected chi connectivity index (χ2v) is 10.5. The average Bonchev–Trinajstić information content (AvgIpc) is 3.68. The third kappa shape index (κ3) is 5.15. The van der Waals surface area contributed by atoms with E-state index in [1.54, 1.807) is 30.3 Å². The van der Waals surface area contributed by atoms with E-state index >= 15 is 0 Å². The van der Waals surface area contributed by atoms with E-state index in [1.807, 2.05) is 4.90 Å². The fourth-order valence-electron chi connectivity index (χ4n) is 5.05. The van der Waals surface area contributed by atoms with Crippen LogP contribution in [0, 0.1) is 12.3 Å². The van der Waals surface area contributed by atoms with E-state index in [0.29, 0.717) is 11.4 Å². The zero-order valence-corrected chi connectivity index (χ0v) is 22.8. The van der Waals surface area contributed by atoms with Gasteiger partial charge in [0.1, 0.15) is 12.2 Å². The van der Waals surface area contributed by atoms with Crippen LogP contribution in [0.4, 0.5) is 5.82 Å². The zero-order valence-electron chi connectivity index (χ0n) is 22.1. The Morgan fingerprint density at radius 2 is 1.93 bits per heavy atom. The second kappa shape index (κ2) is 11.4. The number of hydrogen-bond donors (Lipinski definition) is 5. The topological polar surface area (TPSA) is 201 Å². The lowest BCUT2D eigenvalue weighted by atomic mass is 9.92. The standard InChI is InChI=1S/C27H28ClN5O9/c1-2-26(40)17(13-41-27(23(36)37,24(38)39)12-15-6-4-3-5-7-15)42-22(19(26)35)33-14-29-18-20(30-25(28)31-21(18)33)32(10-11-34)16-8-9-16/h1,3-7,14,16-17,19,22,34-35,40H,8-13H2,(H,36,37)(H,38,39)/t17-,19+,22-,26-/m1/s1. The van der Waals surface area contributed by atoms with E-state index in [4.69, 9.17) is 27.5 Å². The molecule has 14 nitrogen and oxygen atoms in total. The summed E-state index contributed by atoms with van der Waals surface area (Å²) in [6.07, 6.45) is 3.34. The van der Waals surface area contributed by atoms with Crippen LogP contribution in [0.2, 0.25) is 5.28 Å². The Balaban J connectivity index is 1.46.